The summed E-state index contributed by atoms with van der Waals surface area (Å²) >= 11 is 1.53. The van der Waals surface area contributed by atoms with Gasteiger partial charge in [-0.05, 0) is 25.2 Å². The first-order chi connectivity index (χ1) is 14.2. The Bertz CT molecular complexity index is 714. The van der Waals surface area contributed by atoms with E-state index in [9.17, 15) is 24.6 Å². The van der Waals surface area contributed by atoms with Gasteiger partial charge in [-0.2, -0.15) is 0 Å². The summed E-state index contributed by atoms with van der Waals surface area (Å²) < 4.78 is -0.726. The number of likely N-dealkylation sites (tertiary alicyclic amines) is 1. The van der Waals surface area contributed by atoms with Gasteiger partial charge >= 0.3 is 5.97 Å². The van der Waals surface area contributed by atoms with Gasteiger partial charge in [-0.1, -0.05) is 33.3 Å². The van der Waals surface area contributed by atoms with Gasteiger partial charge in [-0.25, -0.2) is 0 Å². The molecule has 0 saturated carbocycles. The molecular weight excluding hydrogens is 404 g/mol. The second-order valence-corrected chi connectivity index (χ2v) is 10.7. The van der Waals surface area contributed by atoms with Crippen molar-refractivity contribution >= 4 is 29.5 Å². The minimum Gasteiger partial charge on any atom is -0.481 e. The number of nitrogens with zero attached hydrogens (tertiary/aromatic N) is 2. The maximum absolute atomic E-state index is 13.9. The smallest absolute Gasteiger partial charge is 0.308 e. The van der Waals surface area contributed by atoms with Crippen LogP contribution in [0.15, 0.2) is 12.7 Å². The van der Waals surface area contributed by atoms with Gasteiger partial charge in [-0.15, -0.1) is 18.3 Å². The van der Waals surface area contributed by atoms with E-state index >= 15 is 0 Å². The highest BCUT2D eigenvalue weighted by Gasteiger charge is 2.74. The minimum atomic E-state index is -0.959. The number of carbonyl (C=O) groups excluding carboxylic acids is 2. The molecule has 2 unspecified atom stereocenters. The summed E-state index contributed by atoms with van der Waals surface area (Å²) in [6, 6.07) is -1.26. The number of carbonyl (C=O) groups is 3. The molecule has 30 heavy (non-hydrogen) atoms. The van der Waals surface area contributed by atoms with Crippen LogP contribution in [0.3, 0.4) is 0 Å². The first-order valence-corrected chi connectivity index (χ1v) is 11.9. The van der Waals surface area contributed by atoms with Crippen molar-refractivity contribution < 1.29 is 24.6 Å². The second kappa shape index (κ2) is 8.91. The van der Waals surface area contributed by atoms with Gasteiger partial charge in [0.05, 0.1) is 29.2 Å². The first-order valence-electron chi connectivity index (χ1n) is 11.0. The van der Waals surface area contributed by atoms with E-state index in [-0.39, 0.29) is 29.6 Å². The fourth-order valence-electron chi connectivity index (χ4n) is 5.60. The van der Waals surface area contributed by atoms with E-state index in [4.69, 9.17) is 0 Å². The molecule has 3 aliphatic heterocycles. The van der Waals surface area contributed by atoms with Crippen LogP contribution in [-0.2, 0) is 14.4 Å². The van der Waals surface area contributed by atoms with Crippen LogP contribution in [0.4, 0.5) is 0 Å². The number of amides is 2. The third kappa shape index (κ3) is 3.45. The Morgan fingerprint density at radius 1 is 1.43 bits per heavy atom. The average molecular weight is 439 g/mol. The lowest BCUT2D eigenvalue weighted by Crippen LogP contribution is -2.58. The molecule has 3 heterocycles. The molecule has 7 nitrogen and oxygen atoms in total. The first kappa shape index (κ1) is 23.1. The van der Waals surface area contributed by atoms with E-state index < -0.39 is 34.6 Å². The van der Waals surface area contributed by atoms with E-state index in [1.807, 2.05) is 13.8 Å². The topological polar surface area (TPSA) is 98.2 Å². The third-order valence-electron chi connectivity index (χ3n) is 7.01. The van der Waals surface area contributed by atoms with Gasteiger partial charge in [0.25, 0.3) is 0 Å². The zero-order valence-corrected chi connectivity index (χ0v) is 18.9. The number of aliphatic hydroxyl groups is 1. The zero-order chi connectivity index (χ0) is 22.2. The Balaban J connectivity index is 2.08. The molecule has 0 aliphatic carbocycles. The fourth-order valence-corrected chi connectivity index (χ4v) is 7.79. The largest absolute Gasteiger partial charge is 0.481 e. The molecule has 3 aliphatic rings. The molecule has 0 radical (unpaired) electrons. The lowest BCUT2D eigenvalue weighted by Gasteiger charge is -2.40. The van der Waals surface area contributed by atoms with Crippen LogP contribution in [0.2, 0.25) is 0 Å². The summed E-state index contributed by atoms with van der Waals surface area (Å²) in [5.41, 5.74) is 0. The van der Waals surface area contributed by atoms with Crippen LogP contribution < -0.4 is 0 Å². The van der Waals surface area contributed by atoms with Crippen molar-refractivity contribution in [3.63, 3.8) is 0 Å². The molecule has 168 valence electrons. The van der Waals surface area contributed by atoms with Gasteiger partial charge in [0.2, 0.25) is 11.8 Å². The third-order valence-corrected chi connectivity index (χ3v) is 8.97. The van der Waals surface area contributed by atoms with Crippen LogP contribution in [0.25, 0.3) is 0 Å². The molecule has 0 aromatic heterocycles. The number of unbranched alkanes of at least 4 members (excludes halogenated alkanes) is 1. The summed E-state index contributed by atoms with van der Waals surface area (Å²) in [7, 11) is 0. The van der Waals surface area contributed by atoms with Crippen LogP contribution >= 0.6 is 11.8 Å². The van der Waals surface area contributed by atoms with Crippen LogP contribution in [0.1, 0.15) is 46.5 Å². The van der Waals surface area contributed by atoms with Gasteiger partial charge in [0.1, 0.15) is 6.04 Å². The molecule has 8 heteroatoms. The maximum Gasteiger partial charge on any atom is 0.308 e. The lowest BCUT2D eigenvalue weighted by molar-refractivity contribution is -0.150. The molecule has 3 fully saturated rings. The Labute approximate surface area is 182 Å². The number of thioether (sulfide) groups is 1. The molecule has 2 amide bonds. The van der Waals surface area contributed by atoms with Gasteiger partial charge in [0, 0.05) is 18.3 Å². The molecule has 3 saturated heterocycles. The number of hydrogen-bond acceptors (Lipinski definition) is 5. The summed E-state index contributed by atoms with van der Waals surface area (Å²) in [6.45, 7) is 10.4. The van der Waals surface area contributed by atoms with Crippen molar-refractivity contribution in [2.75, 3.05) is 19.7 Å². The number of aliphatic carboxylic acids is 1. The Morgan fingerprint density at radius 2 is 2.13 bits per heavy atom. The Hall–Kier alpha value is -1.54. The van der Waals surface area contributed by atoms with Crippen molar-refractivity contribution in [1.29, 1.82) is 0 Å². The van der Waals surface area contributed by atoms with Crippen molar-refractivity contribution in [3.05, 3.63) is 12.7 Å². The monoisotopic (exact) mass is 438 g/mol. The van der Waals surface area contributed by atoms with Crippen molar-refractivity contribution in [3.8, 4) is 0 Å². The SMILES string of the molecule is C=CCN(CCCC)C(=O)C1N([C@@H](CO)C(C)C)C(=O)[C@@H]2[C@H](C(=O)O)[C@@H]3CCC12S3. The quantitative estimate of drug-likeness (QED) is 0.506. The minimum absolute atomic E-state index is 0.0570. The summed E-state index contributed by atoms with van der Waals surface area (Å²) in [5.74, 6) is -2.92. The number of aliphatic hydroxyl groups excluding tert-OH is 1. The van der Waals surface area contributed by atoms with Crippen molar-refractivity contribution in [2.24, 2.45) is 17.8 Å². The summed E-state index contributed by atoms with van der Waals surface area (Å²) in [6.07, 6.45) is 4.82. The number of hydrogen-bond donors (Lipinski definition) is 2. The molecular formula is C22H34N2O5S. The van der Waals surface area contributed by atoms with Crippen LogP contribution in [-0.4, -0.2) is 79.6 Å². The molecule has 2 N–H and O–H groups in total. The highest BCUT2D eigenvalue weighted by molar-refractivity contribution is 8.02. The number of rotatable bonds is 10. The molecule has 0 aromatic carbocycles. The molecule has 1 spiro atoms. The summed E-state index contributed by atoms with van der Waals surface area (Å²) in [4.78, 5) is 42.9. The zero-order valence-electron chi connectivity index (χ0n) is 18.1. The van der Waals surface area contributed by atoms with Crippen molar-refractivity contribution in [1.82, 2.24) is 9.80 Å². The second-order valence-electron chi connectivity index (χ2n) is 9.06. The van der Waals surface area contributed by atoms with E-state index in [1.165, 1.54) is 11.8 Å². The lowest BCUT2D eigenvalue weighted by atomic mass is 9.71. The average Bonchev–Trinajstić information content (AvgIpc) is 3.33. The Morgan fingerprint density at radius 3 is 2.67 bits per heavy atom. The highest BCUT2D eigenvalue weighted by atomic mass is 32.2. The number of carboxylic acid groups (broad SMARTS) is 1. The van der Waals surface area contributed by atoms with Crippen LogP contribution in [0.5, 0.6) is 0 Å². The van der Waals surface area contributed by atoms with E-state index in [2.05, 4.69) is 13.5 Å². The predicted octanol–water partition coefficient (Wildman–Crippen LogP) is 1.99. The standard InChI is InChI=1S/C22H34N2O5S/c1-5-7-11-23(10-6-2)20(27)18-22-9-8-15(30-22)16(21(28)29)17(22)19(26)24(18)14(12-25)13(3)4/h6,13-18,25H,2,5,7-12H2,1,3-4H3,(H,28,29)/t14-,15-,16+,17-,18?,22?/m0/s1. The van der Waals surface area contributed by atoms with Crippen molar-refractivity contribution in [2.45, 2.75) is 68.5 Å². The molecule has 0 aromatic rings. The van der Waals surface area contributed by atoms with Crippen LogP contribution in [0, 0.1) is 17.8 Å². The molecule has 6 atom stereocenters. The maximum atomic E-state index is 13.9. The van der Waals surface area contributed by atoms with Gasteiger partial charge in [0.15, 0.2) is 0 Å². The summed E-state index contributed by atoms with van der Waals surface area (Å²) in [5, 5.41) is 19.9. The van der Waals surface area contributed by atoms with Gasteiger partial charge < -0.3 is 20.0 Å². The highest BCUT2D eigenvalue weighted by Crippen LogP contribution is 2.66. The molecule has 2 bridgehead atoms. The number of carboxylic acids is 1. The Kier molecular flexibility index (Phi) is 6.87. The fraction of sp³-hybridized carbons (Fsp3) is 0.773. The predicted molar refractivity (Wildman–Crippen MR) is 116 cm³/mol. The van der Waals surface area contributed by atoms with Gasteiger partial charge in [-0.3, -0.25) is 14.4 Å². The normalized spacial score (nSPS) is 33.1. The molecule has 3 rings (SSSR count). The van der Waals surface area contributed by atoms with E-state index in [0.717, 1.165) is 12.8 Å². The van der Waals surface area contributed by atoms with E-state index in [0.29, 0.717) is 25.9 Å². The van der Waals surface area contributed by atoms with E-state index in [1.54, 1.807) is 15.9 Å². The number of fused-ring (bicyclic) bond motifs is 1.